The molecular formula is C6H11BrN2O2. The number of nitrogens with zero attached hydrogens (tertiary/aromatic N) is 1. The molecule has 0 atom stereocenters. The van der Waals surface area contributed by atoms with Crippen molar-refractivity contribution in [2.24, 2.45) is 0 Å². The highest BCUT2D eigenvalue weighted by Gasteiger charge is 2.16. The van der Waals surface area contributed by atoms with Crippen LogP contribution in [0.3, 0.4) is 0 Å². The summed E-state index contributed by atoms with van der Waals surface area (Å²) in [6.45, 7) is 3.20. The molecule has 1 N–H and O–H groups in total. The normalized spacial score (nSPS) is 18.1. The third-order valence-electron chi connectivity index (χ3n) is 1.55. The number of nitrogens with one attached hydrogen (secondary N) is 1. The molecule has 1 amide bonds. The van der Waals surface area contributed by atoms with Crippen LogP contribution in [-0.4, -0.2) is 42.7 Å². The second kappa shape index (κ2) is 4.56. The maximum Gasteiger partial charge on any atom is 0.410 e. The van der Waals surface area contributed by atoms with Crippen LogP contribution in [0.4, 0.5) is 4.79 Å². The van der Waals surface area contributed by atoms with E-state index >= 15 is 0 Å². The Kier molecular flexibility index (Phi) is 3.65. The molecule has 0 aromatic carbocycles. The molecule has 64 valence electrons. The summed E-state index contributed by atoms with van der Waals surface area (Å²) in [4.78, 5) is 12.7. The number of rotatable bonds is 1. The number of halogens is 1. The van der Waals surface area contributed by atoms with Crippen molar-refractivity contribution in [2.45, 2.75) is 0 Å². The standard InChI is InChI=1S/C6H11BrN2O2/c7-5-11-6(10)9-3-1-8-2-4-9/h8H,1-5H2. The molecule has 4 nitrogen and oxygen atoms in total. The van der Waals surface area contributed by atoms with E-state index in [0.29, 0.717) is 0 Å². The molecule has 1 heterocycles. The van der Waals surface area contributed by atoms with Crippen molar-refractivity contribution in [1.82, 2.24) is 10.2 Å². The van der Waals surface area contributed by atoms with Gasteiger partial charge in [-0.15, -0.1) is 0 Å². The Morgan fingerprint density at radius 1 is 1.55 bits per heavy atom. The zero-order chi connectivity index (χ0) is 8.10. The largest absolute Gasteiger partial charge is 0.438 e. The van der Waals surface area contributed by atoms with Crippen molar-refractivity contribution in [3.63, 3.8) is 0 Å². The summed E-state index contributed by atoms with van der Waals surface area (Å²) in [6.07, 6.45) is -0.233. The molecule has 0 spiro atoms. The van der Waals surface area contributed by atoms with E-state index in [-0.39, 0.29) is 11.6 Å². The van der Waals surface area contributed by atoms with Gasteiger partial charge in [0.2, 0.25) is 0 Å². The molecule has 1 rings (SSSR count). The average Bonchev–Trinajstić information content (AvgIpc) is 2.07. The number of carbonyl (C=O) groups is 1. The number of amides is 1. The van der Waals surface area contributed by atoms with Gasteiger partial charge in [-0.25, -0.2) is 4.79 Å². The Morgan fingerprint density at radius 3 is 2.73 bits per heavy atom. The first-order valence-electron chi connectivity index (χ1n) is 3.53. The number of ether oxygens (including phenoxy) is 1. The summed E-state index contributed by atoms with van der Waals surface area (Å²) in [5.41, 5.74) is 0.274. The highest BCUT2D eigenvalue weighted by atomic mass is 79.9. The third kappa shape index (κ3) is 2.67. The lowest BCUT2D eigenvalue weighted by Crippen LogP contribution is -2.46. The summed E-state index contributed by atoms with van der Waals surface area (Å²) in [6, 6.07) is 0. The van der Waals surface area contributed by atoms with Gasteiger partial charge in [-0.1, -0.05) is 0 Å². The lowest BCUT2D eigenvalue weighted by Gasteiger charge is -2.25. The molecule has 0 aromatic heterocycles. The molecule has 11 heavy (non-hydrogen) atoms. The topological polar surface area (TPSA) is 41.6 Å². The van der Waals surface area contributed by atoms with Crippen LogP contribution in [0.1, 0.15) is 0 Å². The molecule has 0 aliphatic carbocycles. The van der Waals surface area contributed by atoms with Crippen LogP contribution in [-0.2, 0) is 4.74 Å². The maximum atomic E-state index is 11.0. The Morgan fingerprint density at radius 2 is 2.18 bits per heavy atom. The van der Waals surface area contributed by atoms with Gasteiger partial charge in [0, 0.05) is 26.2 Å². The summed E-state index contributed by atoms with van der Waals surface area (Å²) >= 11 is 3.03. The fourth-order valence-electron chi connectivity index (χ4n) is 0.985. The van der Waals surface area contributed by atoms with Crippen LogP contribution in [0.25, 0.3) is 0 Å². The first-order chi connectivity index (χ1) is 5.34. The van der Waals surface area contributed by atoms with Gasteiger partial charge in [0.1, 0.15) is 5.52 Å². The second-order valence-corrected chi connectivity index (χ2v) is 2.71. The summed E-state index contributed by atoms with van der Waals surface area (Å²) in [5, 5.41) is 3.15. The average molecular weight is 223 g/mol. The second-order valence-electron chi connectivity index (χ2n) is 2.26. The van der Waals surface area contributed by atoms with Crippen molar-refractivity contribution < 1.29 is 9.53 Å². The molecule has 0 unspecified atom stereocenters. The number of hydrogen-bond acceptors (Lipinski definition) is 3. The fraction of sp³-hybridized carbons (Fsp3) is 0.833. The molecule has 0 bridgehead atoms. The van der Waals surface area contributed by atoms with Crippen LogP contribution < -0.4 is 5.32 Å². The highest BCUT2D eigenvalue weighted by Crippen LogP contribution is 1.97. The minimum absolute atomic E-state index is 0.233. The van der Waals surface area contributed by atoms with Gasteiger partial charge in [0.25, 0.3) is 0 Å². The quantitative estimate of drug-likeness (QED) is 0.653. The number of piperazine rings is 1. The van der Waals surface area contributed by atoms with E-state index in [0.717, 1.165) is 26.2 Å². The highest BCUT2D eigenvalue weighted by molar-refractivity contribution is 9.09. The van der Waals surface area contributed by atoms with Crippen molar-refractivity contribution in [3.8, 4) is 0 Å². The van der Waals surface area contributed by atoms with E-state index in [2.05, 4.69) is 21.2 Å². The molecule has 1 aliphatic heterocycles. The van der Waals surface area contributed by atoms with Crippen LogP contribution in [0.15, 0.2) is 0 Å². The lowest BCUT2D eigenvalue weighted by molar-refractivity contribution is 0.114. The van der Waals surface area contributed by atoms with Gasteiger partial charge in [-0.3, -0.25) is 0 Å². The number of carbonyl (C=O) groups excluding carboxylic acids is 1. The molecular weight excluding hydrogens is 212 g/mol. The third-order valence-corrected chi connectivity index (χ3v) is 1.78. The minimum atomic E-state index is -0.233. The first-order valence-corrected chi connectivity index (χ1v) is 4.65. The lowest BCUT2D eigenvalue weighted by atomic mass is 10.4. The minimum Gasteiger partial charge on any atom is -0.438 e. The van der Waals surface area contributed by atoms with Gasteiger partial charge in [0.05, 0.1) is 0 Å². The Labute approximate surface area is 74.0 Å². The Bertz CT molecular complexity index is 137. The van der Waals surface area contributed by atoms with Gasteiger partial charge >= 0.3 is 6.09 Å². The van der Waals surface area contributed by atoms with E-state index in [9.17, 15) is 4.79 Å². The van der Waals surface area contributed by atoms with Gasteiger partial charge in [0.15, 0.2) is 0 Å². The molecule has 0 radical (unpaired) electrons. The first kappa shape index (κ1) is 8.80. The molecule has 1 aliphatic rings. The predicted octanol–water partition coefficient (Wildman–Crippen LogP) is 0.381. The van der Waals surface area contributed by atoms with Crippen molar-refractivity contribution in [3.05, 3.63) is 0 Å². The van der Waals surface area contributed by atoms with Crippen LogP contribution >= 0.6 is 15.9 Å². The van der Waals surface area contributed by atoms with E-state index in [1.54, 1.807) is 4.90 Å². The molecule has 1 saturated heterocycles. The predicted molar refractivity (Wildman–Crippen MR) is 44.7 cm³/mol. The Hall–Kier alpha value is -0.290. The van der Waals surface area contributed by atoms with E-state index in [1.807, 2.05) is 0 Å². The summed E-state index contributed by atoms with van der Waals surface area (Å²) < 4.78 is 4.76. The SMILES string of the molecule is O=C(OCBr)N1CCNCC1. The molecule has 0 saturated carbocycles. The van der Waals surface area contributed by atoms with Crippen LogP contribution in [0.5, 0.6) is 0 Å². The van der Waals surface area contributed by atoms with E-state index < -0.39 is 0 Å². The molecule has 0 aromatic rings. The Balaban J connectivity index is 2.27. The monoisotopic (exact) mass is 222 g/mol. The van der Waals surface area contributed by atoms with Crippen molar-refractivity contribution >= 4 is 22.0 Å². The number of hydrogen-bond donors (Lipinski definition) is 1. The van der Waals surface area contributed by atoms with Crippen molar-refractivity contribution in [2.75, 3.05) is 31.7 Å². The van der Waals surface area contributed by atoms with Crippen molar-refractivity contribution in [1.29, 1.82) is 0 Å². The maximum absolute atomic E-state index is 11.0. The fourth-order valence-corrected chi connectivity index (χ4v) is 1.18. The number of alkyl halides is 1. The van der Waals surface area contributed by atoms with Crippen LogP contribution in [0.2, 0.25) is 0 Å². The van der Waals surface area contributed by atoms with Crippen LogP contribution in [0, 0.1) is 0 Å². The molecule has 1 fully saturated rings. The summed E-state index contributed by atoms with van der Waals surface area (Å²) in [7, 11) is 0. The van der Waals surface area contributed by atoms with Gasteiger partial charge in [-0.05, 0) is 15.9 Å². The zero-order valence-corrected chi connectivity index (χ0v) is 7.76. The smallest absolute Gasteiger partial charge is 0.410 e. The summed E-state index contributed by atoms with van der Waals surface area (Å²) in [5.74, 6) is 0. The zero-order valence-electron chi connectivity index (χ0n) is 6.18. The van der Waals surface area contributed by atoms with Gasteiger partial charge < -0.3 is 15.0 Å². The van der Waals surface area contributed by atoms with E-state index in [4.69, 9.17) is 4.74 Å². The molecule has 5 heteroatoms. The van der Waals surface area contributed by atoms with Gasteiger partial charge in [-0.2, -0.15) is 0 Å². The van der Waals surface area contributed by atoms with E-state index in [1.165, 1.54) is 0 Å².